The van der Waals surface area contributed by atoms with E-state index in [9.17, 15) is 19.5 Å². The Kier molecular flexibility index (Phi) is 33.0. The van der Waals surface area contributed by atoms with Crippen LogP contribution in [-0.2, 0) is 11.3 Å². The Morgan fingerprint density at radius 2 is 1.25 bits per heavy atom. The number of nitrogens with zero attached hydrogens (tertiary/aromatic N) is 3. The number of nitrogens with one attached hydrogen (secondary N) is 2. The van der Waals surface area contributed by atoms with Gasteiger partial charge in [-0.1, -0.05) is 218 Å². The van der Waals surface area contributed by atoms with Crippen molar-refractivity contribution >= 4 is 49.8 Å². The van der Waals surface area contributed by atoms with Crippen molar-refractivity contribution in [3.63, 3.8) is 0 Å². The maximum absolute atomic E-state index is 12.6. The van der Waals surface area contributed by atoms with Crippen LogP contribution in [0.15, 0.2) is 231 Å². The number of fused-ring (bicyclic) bond motifs is 2. The minimum Gasteiger partial charge on any atom is -0.494 e. The third-order valence-electron chi connectivity index (χ3n) is 18.5. The fourth-order valence-corrected chi connectivity index (χ4v) is 13.5. The van der Waals surface area contributed by atoms with Crippen LogP contribution in [0.4, 0.5) is 0 Å². The zero-order valence-electron chi connectivity index (χ0n) is 62.0. The number of thiophene rings is 1. The Labute approximate surface area is 618 Å². The van der Waals surface area contributed by atoms with E-state index in [1.165, 1.54) is 60.3 Å². The Morgan fingerprint density at radius 3 is 1.84 bits per heavy atom. The molecular weight excluding hydrogens is 1290 g/mol. The average molecular weight is 1400 g/mol. The molecule has 12 heteroatoms. The number of piperazine rings is 1. The number of allylic oxidation sites excluding steroid dienone is 1. The lowest BCUT2D eigenvalue weighted by Crippen LogP contribution is -2.48. The molecule has 0 spiro atoms. The molecule has 8 aromatic carbocycles. The van der Waals surface area contributed by atoms with E-state index in [0.29, 0.717) is 42.1 Å². The van der Waals surface area contributed by atoms with E-state index in [1.54, 1.807) is 29.0 Å². The van der Waals surface area contributed by atoms with Gasteiger partial charge < -0.3 is 34.3 Å². The molecule has 11 nitrogen and oxygen atoms in total. The molecule has 2 atom stereocenters. The van der Waals surface area contributed by atoms with Gasteiger partial charge in [-0.25, -0.2) is 0 Å². The summed E-state index contributed by atoms with van der Waals surface area (Å²) in [5.41, 5.74) is 12.5. The van der Waals surface area contributed by atoms with Gasteiger partial charge in [0.15, 0.2) is 5.78 Å². The van der Waals surface area contributed by atoms with Gasteiger partial charge in [-0.05, 0) is 197 Å². The van der Waals surface area contributed by atoms with E-state index in [2.05, 4.69) is 197 Å². The minimum absolute atomic E-state index is 0. The number of hydrogen-bond donors (Lipinski definition) is 3. The molecule has 12 rings (SSSR count). The average Bonchev–Trinajstić information content (AvgIpc) is 1.62. The molecule has 2 unspecified atom stereocenters. The highest BCUT2D eigenvalue weighted by Crippen LogP contribution is 2.36. The van der Waals surface area contributed by atoms with E-state index in [1.807, 2.05) is 117 Å². The molecule has 3 N–H and O–H groups in total. The molecule has 542 valence electrons. The molecule has 1 aliphatic rings. The quantitative estimate of drug-likeness (QED) is 0.0293. The van der Waals surface area contributed by atoms with Crippen molar-refractivity contribution in [1.29, 1.82) is 0 Å². The topological polar surface area (TPSA) is 129 Å². The van der Waals surface area contributed by atoms with E-state index in [-0.39, 0.29) is 30.8 Å². The van der Waals surface area contributed by atoms with Gasteiger partial charge in [0, 0.05) is 72.4 Å². The number of Topliss-reactive ketones (excluding diaryl/α,β-unsaturated/α-hetero) is 1. The zero-order chi connectivity index (χ0) is 72.8. The number of ketones is 2. The van der Waals surface area contributed by atoms with Gasteiger partial charge in [-0.3, -0.25) is 19.3 Å². The van der Waals surface area contributed by atoms with Gasteiger partial charge in [-0.2, -0.15) is 0 Å². The molecule has 1 fully saturated rings. The summed E-state index contributed by atoms with van der Waals surface area (Å²) in [7, 11) is 0. The number of ether oxygens (including phenoxy) is 2. The normalized spacial score (nSPS) is 12.7. The number of amides is 1. The molecule has 11 aromatic rings. The maximum atomic E-state index is 12.6. The number of aromatic amines is 1. The summed E-state index contributed by atoms with van der Waals surface area (Å²) in [4.78, 5) is 45.9. The van der Waals surface area contributed by atoms with Gasteiger partial charge in [0.25, 0.3) is 0 Å². The molecule has 1 amide bonds. The number of benzene rings is 8. The molecular formula is C91H111N5O6S. The first-order valence-corrected chi connectivity index (χ1v) is 37.5. The Morgan fingerprint density at radius 1 is 0.641 bits per heavy atom. The summed E-state index contributed by atoms with van der Waals surface area (Å²) in [6.45, 7) is 30.7. The molecule has 103 heavy (non-hydrogen) atoms. The highest BCUT2D eigenvalue weighted by atomic mass is 32.1. The fraction of sp³-hybridized carbons (Fsp3) is 0.330. The maximum Gasteiger partial charge on any atom is 0.243 e. The van der Waals surface area contributed by atoms with Crippen molar-refractivity contribution in [3.8, 4) is 34.3 Å². The van der Waals surface area contributed by atoms with Crippen LogP contribution >= 0.6 is 11.3 Å². The van der Waals surface area contributed by atoms with Gasteiger partial charge in [0.05, 0.1) is 29.4 Å². The Hall–Kier alpha value is -9.59. The number of rotatable bonds is 25. The lowest BCUT2D eigenvalue weighted by atomic mass is 9.94. The van der Waals surface area contributed by atoms with Crippen molar-refractivity contribution in [2.45, 2.75) is 147 Å². The second-order valence-electron chi connectivity index (χ2n) is 26.6. The van der Waals surface area contributed by atoms with E-state index >= 15 is 0 Å². The number of aromatic hydroxyl groups is 1. The van der Waals surface area contributed by atoms with Crippen LogP contribution in [-0.4, -0.2) is 87.8 Å². The predicted octanol–water partition coefficient (Wildman–Crippen LogP) is 22.7. The number of carbonyl (C=O) groups is 3. The van der Waals surface area contributed by atoms with Crippen molar-refractivity contribution in [2.75, 3.05) is 45.9 Å². The molecule has 0 bridgehead atoms. The summed E-state index contributed by atoms with van der Waals surface area (Å²) in [5, 5.41) is 15.5. The van der Waals surface area contributed by atoms with Crippen molar-refractivity contribution in [3.05, 3.63) is 286 Å². The highest BCUT2D eigenvalue weighted by molar-refractivity contribution is 7.19. The Bertz CT molecular complexity index is 4270. The van der Waals surface area contributed by atoms with Crippen molar-refractivity contribution in [1.82, 2.24) is 24.7 Å². The molecule has 3 aromatic heterocycles. The van der Waals surface area contributed by atoms with Crippen LogP contribution in [0.1, 0.15) is 177 Å². The van der Waals surface area contributed by atoms with Crippen molar-refractivity contribution < 1.29 is 29.0 Å². The standard InChI is InChI=1S/C26H35N3O.C20H24O.C16H16N2O2.C16H18O2.C12H14S.CH4/c1-2-3-16-25(30)27-17-10-11-18-28-19-21-29(22-20-28)26(23-12-6-4-7-13-23)24-14-8-5-9-15-24;1-5-14(2)13-20(21)18-9-7-17(8-10-18)19-11-6-15(3)12-16(19)4;1-3-18-13-7-6-10(2)9-11(13)14(16(18)20)15(19)12-5-4-8-17-12;1-3-12-17-14-8-10-16(11-9-14)18-15-6-4-13(2)5-7-15;1-3-9(2)12-8-10-6-4-5-7-11(10)13-12;/h3-9,12-16,26H,2,10-11,17-22H2,1H3,(H,27,30);6-12,14H,5,13H2,1-4H3;4-9,17,20H,3H2,1-2H3;4-11H,3,12H2,1-2H3;4-9H,3H2,1-2H3;1H4/b16-3+;;;;;. The number of unbranched alkanes of at least 4 members (excludes halogenated alkanes) is 1. The highest BCUT2D eigenvalue weighted by Gasteiger charge is 2.27. The third-order valence-corrected chi connectivity index (χ3v) is 19.9. The first kappa shape index (κ1) is 80.7. The molecule has 0 saturated carbocycles. The second-order valence-corrected chi connectivity index (χ2v) is 27.7. The number of aryl methyl sites for hydroxylation is 5. The summed E-state index contributed by atoms with van der Waals surface area (Å²) in [6.07, 6.45) is 12.2. The largest absolute Gasteiger partial charge is 0.494 e. The van der Waals surface area contributed by atoms with Crippen molar-refractivity contribution in [2.24, 2.45) is 5.92 Å². The fourth-order valence-electron chi connectivity index (χ4n) is 12.3. The summed E-state index contributed by atoms with van der Waals surface area (Å²) < 4.78 is 14.4. The molecule has 1 aliphatic heterocycles. The zero-order valence-corrected chi connectivity index (χ0v) is 62.8. The predicted molar refractivity (Wildman–Crippen MR) is 433 cm³/mol. The van der Waals surface area contributed by atoms with E-state index < -0.39 is 0 Å². The number of hydrogen-bond acceptors (Lipinski definition) is 9. The van der Waals surface area contributed by atoms with Gasteiger partial charge >= 0.3 is 0 Å². The summed E-state index contributed by atoms with van der Waals surface area (Å²) in [5.74, 6) is 3.84. The van der Waals surface area contributed by atoms with Crippen LogP contribution in [0.2, 0.25) is 0 Å². The monoisotopic (exact) mass is 1400 g/mol. The van der Waals surface area contributed by atoms with Gasteiger partial charge in [0.1, 0.15) is 17.2 Å². The summed E-state index contributed by atoms with van der Waals surface area (Å²) >= 11 is 1.93. The van der Waals surface area contributed by atoms with E-state index in [4.69, 9.17) is 9.47 Å². The first-order valence-electron chi connectivity index (χ1n) is 36.7. The lowest BCUT2D eigenvalue weighted by molar-refractivity contribution is -0.116. The number of carbonyl (C=O) groups excluding carboxylic acids is 3. The van der Waals surface area contributed by atoms with Crippen LogP contribution in [0.25, 0.3) is 32.1 Å². The molecule has 0 aliphatic carbocycles. The van der Waals surface area contributed by atoms with E-state index in [0.717, 1.165) is 117 Å². The van der Waals surface area contributed by atoms with Crippen LogP contribution in [0.5, 0.6) is 23.1 Å². The number of H-pyrrole nitrogens is 1. The SMILES string of the molecule is C.CC/C=C/C(=O)NCCCCN1CCN(C(c2ccccc2)c2ccccc2)CC1.CCC(C)CC(=O)c1ccc(-c2ccc(C)cc2C)cc1.CCC(C)c1cc2ccccc2s1.CCCOc1ccc(Oc2ccc(C)cc2)cc1.CCn1c(O)c(C(=O)c2ccc[nH]2)c2cc(C)ccc21. The van der Waals surface area contributed by atoms with Gasteiger partial charge in [0.2, 0.25) is 17.6 Å². The molecule has 4 heterocycles. The summed E-state index contributed by atoms with van der Waals surface area (Å²) in [6, 6.07) is 72.5. The van der Waals surface area contributed by atoms with Crippen LogP contribution in [0, 0.1) is 33.6 Å². The second kappa shape index (κ2) is 42.1. The molecule has 1 saturated heterocycles. The number of aromatic nitrogens is 2. The minimum atomic E-state index is -0.185. The van der Waals surface area contributed by atoms with Crippen LogP contribution < -0.4 is 14.8 Å². The lowest BCUT2D eigenvalue weighted by Gasteiger charge is -2.39. The smallest absolute Gasteiger partial charge is 0.243 e. The molecule has 0 radical (unpaired) electrons. The third kappa shape index (κ3) is 24.3. The van der Waals surface area contributed by atoms with Gasteiger partial charge in [-0.15, -0.1) is 11.3 Å². The van der Waals surface area contributed by atoms with Crippen LogP contribution in [0.3, 0.4) is 0 Å². The first-order chi connectivity index (χ1) is 49.5. The Balaban J connectivity index is 0.000000184.